The van der Waals surface area contributed by atoms with Crippen LogP contribution < -0.4 is 5.73 Å². The molecule has 0 spiro atoms. The third kappa shape index (κ3) is 1.35. The maximum absolute atomic E-state index is 10.3. The summed E-state index contributed by atoms with van der Waals surface area (Å²) in [7, 11) is 0. The lowest BCUT2D eigenvalue weighted by atomic mass is 9.70. The van der Waals surface area contributed by atoms with Gasteiger partial charge in [0.2, 0.25) is 0 Å². The number of hydrogen-bond donors (Lipinski definition) is 2. The van der Waals surface area contributed by atoms with Gasteiger partial charge in [0.1, 0.15) is 0 Å². The minimum atomic E-state index is -0.657. The largest absolute Gasteiger partial charge is 0.385 e. The summed E-state index contributed by atoms with van der Waals surface area (Å²) in [5, 5.41) is 10.3. The molecule has 0 amide bonds. The molecule has 1 saturated carbocycles. The molecule has 1 aliphatic carbocycles. The summed E-state index contributed by atoms with van der Waals surface area (Å²) in [5.41, 5.74) is 8.55. The lowest BCUT2D eigenvalue weighted by Crippen LogP contribution is -2.49. The van der Waals surface area contributed by atoms with Gasteiger partial charge >= 0.3 is 0 Å². The number of aryl methyl sites for hydroxylation is 1. The van der Waals surface area contributed by atoms with Crippen LogP contribution in [0.25, 0.3) is 0 Å². The Morgan fingerprint density at radius 1 is 1.36 bits per heavy atom. The molecular weight excluding hydrogens is 174 g/mol. The van der Waals surface area contributed by atoms with Gasteiger partial charge in [-0.2, -0.15) is 0 Å². The smallest absolute Gasteiger partial charge is 0.0928 e. The molecule has 0 radical (unpaired) electrons. The van der Waals surface area contributed by atoms with Crippen LogP contribution >= 0.6 is 0 Å². The first-order chi connectivity index (χ1) is 6.53. The van der Waals surface area contributed by atoms with E-state index in [1.807, 2.05) is 12.1 Å². The third-order valence-electron chi connectivity index (χ3n) is 3.31. The van der Waals surface area contributed by atoms with Crippen molar-refractivity contribution in [3.05, 3.63) is 34.9 Å². The van der Waals surface area contributed by atoms with Crippen molar-refractivity contribution in [3.8, 4) is 0 Å². The topological polar surface area (TPSA) is 46.2 Å². The fourth-order valence-electron chi connectivity index (χ4n) is 2.28. The highest BCUT2D eigenvalue weighted by Gasteiger charge is 2.42. The van der Waals surface area contributed by atoms with Crippen LogP contribution in [-0.2, 0) is 5.60 Å². The predicted octanol–water partition coefficient (Wildman–Crippen LogP) is 1.61. The molecule has 0 saturated heterocycles. The molecule has 0 aromatic heterocycles. The van der Waals surface area contributed by atoms with Gasteiger partial charge in [0.05, 0.1) is 5.60 Å². The van der Waals surface area contributed by atoms with E-state index >= 15 is 0 Å². The van der Waals surface area contributed by atoms with E-state index in [1.54, 1.807) is 0 Å². The maximum atomic E-state index is 10.3. The molecule has 0 atom stereocenters. The second-order valence-electron chi connectivity index (χ2n) is 4.45. The molecule has 1 aliphatic rings. The molecule has 0 bridgehead atoms. The Labute approximate surface area is 84.7 Å². The third-order valence-corrected chi connectivity index (χ3v) is 3.31. The SMILES string of the molecule is Cc1cccc(C2(O)CC(N)C2)c1C. The number of aliphatic hydroxyl groups is 1. The average molecular weight is 191 g/mol. The van der Waals surface area contributed by atoms with Gasteiger partial charge in [-0.25, -0.2) is 0 Å². The standard InChI is InChI=1S/C12H17NO/c1-8-4-3-5-11(9(8)2)12(14)6-10(13)7-12/h3-5,10,14H,6-7,13H2,1-2H3. The van der Waals surface area contributed by atoms with E-state index in [0.717, 1.165) is 5.56 Å². The Morgan fingerprint density at radius 2 is 2.00 bits per heavy atom. The quantitative estimate of drug-likeness (QED) is 0.708. The fraction of sp³-hybridized carbons (Fsp3) is 0.500. The molecule has 1 aromatic carbocycles. The molecule has 2 nitrogen and oxygen atoms in total. The molecule has 0 aliphatic heterocycles. The van der Waals surface area contributed by atoms with E-state index in [4.69, 9.17) is 5.73 Å². The Kier molecular flexibility index (Phi) is 2.13. The first-order valence-electron chi connectivity index (χ1n) is 5.07. The van der Waals surface area contributed by atoms with Crippen LogP contribution in [0.4, 0.5) is 0 Å². The fourth-order valence-corrected chi connectivity index (χ4v) is 2.28. The molecule has 2 heteroatoms. The molecule has 14 heavy (non-hydrogen) atoms. The van der Waals surface area contributed by atoms with Crippen LogP contribution in [0.15, 0.2) is 18.2 Å². The van der Waals surface area contributed by atoms with Gasteiger partial charge in [-0.3, -0.25) is 0 Å². The normalized spacial score (nSPS) is 31.3. The van der Waals surface area contributed by atoms with E-state index in [0.29, 0.717) is 12.8 Å². The van der Waals surface area contributed by atoms with Crippen LogP contribution in [0.5, 0.6) is 0 Å². The van der Waals surface area contributed by atoms with Gasteiger partial charge in [-0.15, -0.1) is 0 Å². The highest BCUT2D eigenvalue weighted by Crippen LogP contribution is 2.42. The average Bonchev–Trinajstić information content (AvgIpc) is 2.07. The van der Waals surface area contributed by atoms with E-state index in [-0.39, 0.29) is 6.04 Å². The van der Waals surface area contributed by atoms with Crippen molar-refractivity contribution < 1.29 is 5.11 Å². The van der Waals surface area contributed by atoms with Crippen LogP contribution in [0.3, 0.4) is 0 Å². The zero-order chi connectivity index (χ0) is 10.3. The van der Waals surface area contributed by atoms with Gasteiger partial charge in [0.15, 0.2) is 0 Å². The van der Waals surface area contributed by atoms with E-state index in [1.165, 1.54) is 11.1 Å². The first kappa shape index (κ1) is 9.69. The summed E-state index contributed by atoms with van der Waals surface area (Å²) in [6.45, 7) is 4.13. The summed E-state index contributed by atoms with van der Waals surface area (Å²) < 4.78 is 0. The zero-order valence-electron chi connectivity index (χ0n) is 8.75. The molecule has 0 unspecified atom stereocenters. The Hall–Kier alpha value is -0.860. The minimum absolute atomic E-state index is 0.167. The Morgan fingerprint density at radius 3 is 2.57 bits per heavy atom. The summed E-state index contributed by atoms with van der Waals surface area (Å²) in [4.78, 5) is 0. The molecule has 1 fully saturated rings. The lowest BCUT2D eigenvalue weighted by Gasteiger charge is -2.43. The second kappa shape index (κ2) is 3.07. The predicted molar refractivity (Wildman–Crippen MR) is 57.0 cm³/mol. The van der Waals surface area contributed by atoms with Crippen molar-refractivity contribution in [1.29, 1.82) is 0 Å². The summed E-state index contributed by atoms with van der Waals surface area (Å²) in [6.07, 6.45) is 1.38. The van der Waals surface area contributed by atoms with Crippen molar-refractivity contribution in [1.82, 2.24) is 0 Å². The van der Waals surface area contributed by atoms with Gasteiger partial charge in [0.25, 0.3) is 0 Å². The van der Waals surface area contributed by atoms with Crippen molar-refractivity contribution in [3.63, 3.8) is 0 Å². The number of hydrogen-bond acceptors (Lipinski definition) is 2. The Bertz CT molecular complexity index is 353. The van der Waals surface area contributed by atoms with Gasteiger partial charge in [-0.1, -0.05) is 18.2 Å². The zero-order valence-corrected chi connectivity index (χ0v) is 8.75. The van der Waals surface area contributed by atoms with Crippen molar-refractivity contribution >= 4 is 0 Å². The molecular formula is C12H17NO. The second-order valence-corrected chi connectivity index (χ2v) is 4.45. The highest BCUT2D eigenvalue weighted by molar-refractivity contribution is 5.38. The van der Waals surface area contributed by atoms with Crippen LogP contribution in [0, 0.1) is 13.8 Å². The number of benzene rings is 1. The van der Waals surface area contributed by atoms with Crippen molar-refractivity contribution in [2.24, 2.45) is 5.73 Å². The van der Waals surface area contributed by atoms with Gasteiger partial charge in [-0.05, 0) is 43.4 Å². The van der Waals surface area contributed by atoms with Crippen molar-refractivity contribution in [2.45, 2.75) is 38.3 Å². The van der Waals surface area contributed by atoms with E-state index in [2.05, 4.69) is 19.9 Å². The first-order valence-corrected chi connectivity index (χ1v) is 5.07. The van der Waals surface area contributed by atoms with E-state index < -0.39 is 5.60 Å². The highest BCUT2D eigenvalue weighted by atomic mass is 16.3. The van der Waals surface area contributed by atoms with Crippen LogP contribution in [0.1, 0.15) is 29.5 Å². The summed E-state index contributed by atoms with van der Waals surface area (Å²) in [5.74, 6) is 0. The lowest BCUT2D eigenvalue weighted by molar-refractivity contribution is -0.0528. The maximum Gasteiger partial charge on any atom is 0.0928 e. The van der Waals surface area contributed by atoms with Crippen LogP contribution in [-0.4, -0.2) is 11.1 Å². The molecule has 76 valence electrons. The molecule has 2 rings (SSSR count). The minimum Gasteiger partial charge on any atom is -0.385 e. The summed E-state index contributed by atoms with van der Waals surface area (Å²) >= 11 is 0. The molecule has 3 N–H and O–H groups in total. The van der Waals surface area contributed by atoms with Crippen LogP contribution in [0.2, 0.25) is 0 Å². The van der Waals surface area contributed by atoms with Gasteiger partial charge in [0, 0.05) is 6.04 Å². The van der Waals surface area contributed by atoms with Crippen molar-refractivity contribution in [2.75, 3.05) is 0 Å². The Balaban J connectivity index is 2.37. The number of rotatable bonds is 1. The molecule has 0 heterocycles. The summed E-state index contributed by atoms with van der Waals surface area (Å²) in [6, 6.07) is 6.24. The van der Waals surface area contributed by atoms with E-state index in [9.17, 15) is 5.11 Å². The monoisotopic (exact) mass is 191 g/mol. The number of nitrogens with two attached hydrogens (primary N) is 1. The van der Waals surface area contributed by atoms with Gasteiger partial charge < -0.3 is 10.8 Å². The molecule has 1 aromatic rings.